The molecular formula is C14H23BrN4. The fourth-order valence-electron chi connectivity index (χ4n) is 2.77. The number of hydrogen-bond donors (Lipinski definition) is 1. The van der Waals surface area contributed by atoms with E-state index in [0.29, 0.717) is 11.4 Å². The molecule has 4 nitrogen and oxygen atoms in total. The highest BCUT2D eigenvalue weighted by Crippen LogP contribution is 2.40. The molecule has 106 valence electrons. The topological polar surface area (TPSA) is 41.1 Å². The molecule has 0 radical (unpaired) electrons. The molecule has 2 rings (SSSR count). The zero-order valence-electron chi connectivity index (χ0n) is 12.0. The number of nitrogens with one attached hydrogen (secondary N) is 1. The summed E-state index contributed by atoms with van der Waals surface area (Å²) in [5.41, 5.74) is 0.461. The predicted octanol–water partition coefficient (Wildman–Crippen LogP) is 3.69. The van der Waals surface area contributed by atoms with Gasteiger partial charge in [0.05, 0.1) is 4.47 Å². The molecule has 0 bridgehead atoms. The number of hydrogen-bond acceptors (Lipinski definition) is 4. The normalized spacial score (nSPS) is 17.8. The second-order valence-electron chi connectivity index (χ2n) is 5.27. The maximum absolute atomic E-state index is 4.64. The Morgan fingerprint density at radius 2 is 2.11 bits per heavy atom. The molecule has 1 saturated heterocycles. The Morgan fingerprint density at radius 3 is 2.68 bits per heavy atom. The maximum Gasteiger partial charge on any atom is 0.224 e. The lowest BCUT2D eigenvalue weighted by atomic mass is 9.82. The average molecular weight is 327 g/mol. The molecule has 1 aromatic rings. The van der Waals surface area contributed by atoms with Crippen molar-refractivity contribution in [3.8, 4) is 0 Å². The van der Waals surface area contributed by atoms with Crippen LogP contribution in [0.3, 0.4) is 0 Å². The van der Waals surface area contributed by atoms with E-state index < -0.39 is 0 Å². The van der Waals surface area contributed by atoms with Crippen LogP contribution in [0.15, 0.2) is 10.7 Å². The van der Waals surface area contributed by atoms with Crippen LogP contribution in [0.25, 0.3) is 0 Å². The Morgan fingerprint density at radius 1 is 1.37 bits per heavy atom. The second-order valence-corrected chi connectivity index (χ2v) is 6.13. The molecule has 1 aromatic heterocycles. The van der Waals surface area contributed by atoms with Crippen LogP contribution >= 0.6 is 15.9 Å². The summed E-state index contributed by atoms with van der Waals surface area (Å²) in [5.74, 6) is 1.74. The number of aromatic nitrogens is 2. The summed E-state index contributed by atoms with van der Waals surface area (Å²) >= 11 is 3.58. The molecule has 2 heterocycles. The summed E-state index contributed by atoms with van der Waals surface area (Å²) in [5, 5.41) is 3.18. The Kier molecular flexibility index (Phi) is 4.66. The summed E-state index contributed by atoms with van der Waals surface area (Å²) in [7, 11) is 0. The fourth-order valence-corrected chi connectivity index (χ4v) is 3.21. The van der Waals surface area contributed by atoms with Crippen molar-refractivity contribution >= 4 is 27.7 Å². The first-order valence-corrected chi connectivity index (χ1v) is 7.94. The first-order valence-electron chi connectivity index (χ1n) is 7.15. The van der Waals surface area contributed by atoms with Crippen LogP contribution in [0.2, 0.25) is 0 Å². The molecule has 0 amide bonds. The highest BCUT2D eigenvalue weighted by atomic mass is 79.9. The van der Waals surface area contributed by atoms with Crippen molar-refractivity contribution in [2.75, 3.05) is 29.9 Å². The van der Waals surface area contributed by atoms with Crippen molar-refractivity contribution in [2.45, 2.75) is 40.0 Å². The van der Waals surface area contributed by atoms with Gasteiger partial charge in [0.1, 0.15) is 5.82 Å². The number of halogens is 1. The third-order valence-electron chi connectivity index (χ3n) is 4.30. The van der Waals surface area contributed by atoms with Crippen molar-refractivity contribution in [1.82, 2.24) is 9.97 Å². The first kappa shape index (κ1) is 14.6. The summed E-state index contributed by atoms with van der Waals surface area (Å²) in [6.07, 6.45) is 5.58. The number of nitrogens with zero attached hydrogens (tertiary/aromatic N) is 3. The average Bonchev–Trinajstić information content (AvgIpc) is 2.86. The van der Waals surface area contributed by atoms with Gasteiger partial charge in [-0.1, -0.05) is 13.8 Å². The van der Waals surface area contributed by atoms with Crippen LogP contribution in [-0.4, -0.2) is 29.6 Å². The van der Waals surface area contributed by atoms with Gasteiger partial charge in [-0.15, -0.1) is 0 Å². The Bertz CT molecular complexity index is 431. The van der Waals surface area contributed by atoms with Crippen molar-refractivity contribution < 1.29 is 0 Å². The van der Waals surface area contributed by atoms with E-state index in [2.05, 4.69) is 56.9 Å². The largest absolute Gasteiger partial charge is 0.355 e. The van der Waals surface area contributed by atoms with Crippen LogP contribution in [0, 0.1) is 5.41 Å². The minimum absolute atomic E-state index is 0.461. The fraction of sp³-hybridized carbons (Fsp3) is 0.714. The van der Waals surface area contributed by atoms with Gasteiger partial charge < -0.3 is 10.2 Å². The summed E-state index contributed by atoms with van der Waals surface area (Å²) in [4.78, 5) is 11.3. The van der Waals surface area contributed by atoms with E-state index in [1.165, 1.54) is 19.3 Å². The van der Waals surface area contributed by atoms with Gasteiger partial charge in [0.25, 0.3) is 0 Å². The van der Waals surface area contributed by atoms with E-state index in [0.717, 1.165) is 29.9 Å². The lowest BCUT2D eigenvalue weighted by Crippen LogP contribution is -2.27. The minimum Gasteiger partial charge on any atom is -0.355 e. The standard InChI is InChI=1S/C14H23BrN4/c1-4-14(5-2)7-8-19(10-14)12-11(15)9-17-13(18-12)16-6-3/h9H,4-8,10H2,1-3H3,(H,16,17,18). The van der Waals surface area contributed by atoms with Crippen molar-refractivity contribution in [2.24, 2.45) is 5.41 Å². The van der Waals surface area contributed by atoms with E-state index in [1.807, 2.05) is 6.20 Å². The molecule has 0 spiro atoms. The molecule has 0 saturated carbocycles. The zero-order valence-corrected chi connectivity index (χ0v) is 13.6. The van der Waals surface area contributed by atoms with Crippen molar-refractivity contribution in [3.05, 3.63) is 10.7 Å². The molecular weight excluding hydrogens is 304 g/mol. The van der Waals surface area contributed by atoms with E-state index >= 15 is 0 Å². The van der Waals surface area contributed by atoms with Gasteiger partial charge in [-0.25, -0.2) is 4.98 Å². The zero-order chi connectivity index (χ0) is 13.9. The van der Waals surface area contributed by atoms with Gasteiger partial charge >= 0.3 is 0 Å². The van der Waals surface area contributed by atoms with Crippen LogP contribution in [-0.2, 0) is 0 Å². The first-order chi connectivity index (χ1) is 9.14. The number of anilines is 2. The number of rotatable bonds is 5. The molecule has 5 heteroatoms. The van der Waals surface area contributed by atoms with Crippen molar-refractivity contribution in [1.29, 1.82) is 0 Å². The maximum atomic E-state index is 4.64. The molecule has 19 heavy (non-hydrogen) atoms. The molecule has 1 aliphatic rings. The monoisotopic (exact) mass is 326 g/mol. The summed E-state index contributed by atoms with van der Waals surface area (Å²) in [6.45, 7) is 9.68. The molecule has 1 aliphatic heterocycles. The molecule has 0 aromatic carbocycles. The van der Waals surface area contributed by atoms with Gasteiger partial charge in [-0.05, 0) is 47.5 Å². The molecule has 0 aliphatic carbocycles. The molecule has 1 fully saturated rings. The van der Waals surface area contributed by atoms with Crippen LogP contribution in [0.1, 0.15) is 40.0 Å². The summed E-state index contributed by atoms with van der Waals surface area (Å²) < 4.78 is 0.983. The predicted molar refractivity (Wildman–Crippen MR) is 83.7 cm³/mol. The third-order valence-corrected chi connectivity index (χ3v) is 4.86. The van der Waals surface area contributed by atoms with E-state index in [4.69, 9.17) is 0 Å². The summed E-state index contributed by atoms with van der Waals surface area (Å²) in [6, 6.07) is 0. The van der Waals surface area contributed by atoms with Gasteiger partial charge in [0.15, 0.2) is 0 Å². The lowest BCUT2D eigenvalue weighted by Gasteiger charge is -2.27. The van der Waals surface area contributed by atoms with Crippen molar-refractivity contribution in [3.63, 3.8) is 0 Å². The van der Waals surface area contributed by atoms with Crippen LogP contribution in [0.4, 0.5) is 11.8 Å². The van der Waals surface area contributed by atoms with E-state index in [9.17, 15) is 0 Å². The van der Waals surface area contributed by atoms with Gasteiger partial charge in [0.2, 0.25) is 5.95 Å². The lowest BCUT2D eigenvalue weighted by molar-refractivity contribution is 0.301. The van der Waals surface area contributed by atoms with Gasteiger partial charge in [-0.3, -0.25) is 0 Å². The molecule has 0 unspecified atom stereocenters. The molecule has 1 N–H and O–H groups in total. The third kappa shape index (κ3) is 3.02. The Balaban J connectivity index is 2.21. The highest BCUT2D eigenvalue weighted by Gasteiger charge is 2.36. The quantitative estimate of drug-likeness (QED) is 0.895. The molecule has 0 atom stereocenters. The van der Waals surface area contributed by atoms with Gasteiger partial charge in [0, 0.05) is 25.8 Å². The SMILES string of the molecule is CCNc1ncc(Br)c(N2CCC(CC)(CC)C2)n1. The van der Waals surface area contributed by atoms with Crippen LogP contribution in [0.5, 0.6) is 0 Å². The van der Waals surface area contributed by atoms with Gasteiger partial charge in [-0.2, -0.15) is 4.98 Å². The highest BCUT2D eigenvalue weighted by molar-refractivity contribution is 9.10. The van der Waals surface area contributed by atoms with E-state index in [1.54, 1.807) is 0 Å². The Labute approximate surface area is 124 Å². The smallest absolute Gasteiger partial charge is 0.224 e. The minimum atomic E-state index is 0.461. The van der Waals surface area contributed by atoms with Crippen LogP contribution < -0.4 is 10.2 Å². The second kappa shape index (κ2) is 6.07. The van der Waals surface area contributed by atoms with E-state index in [-0.39, 0.29) is 0 Å². The Hall–Kier alpha value is -0.840.